The molecule has 0 unspecified atom stereocenters. The smallest absolute Gasteiger partial charge is 0.231 e. The first-order valence-electron chi connectivity index (χ1n) is 10.4. The largest absolute Gasteiger partial charge is 0.457 e. The van der Waals surface area contributed by atoms with E-state index in [1.165, 1.54) is 11.1 Å². The molecular weight excluding hydrogens is 372 g/mol. The molecule has 3 nitrogen and oxygen atoms in total. The first-order chi connectivity index (χ1) is 14.1. The summed E-state index contributed by atoms with van der Waals surface area (Å²) in [7, 11) is 0. The van der Waals surface area contributed by atoms with Crippen molar-refractivity contribution < 1.29 is 14.2 Å². The summed E-state index contributed by atoms with van der Waals surface area (Å²) < 4.78 is 16.3. The number of para-hydroxylation sites is 1. The summed E-state index contributed by atoms with van der Waals surface area (Å²) in [6.07, 6.45) is 0. The third kappa shape index (κ3) is 5.79. The Balaban J connectivity index is 0.000000177. The molecule has 30 heavy (non-hydrogen) atoms. The Labute approximate surface area is 180 Å². The lowest BCUT2D eigenvalue weighted by atomic mass is 9.87. The first-order valence-corrected chi connectivity index (χ1v) is 10.4. The fourth-order valence-electron chi connectivity index (χ4n) is 3.01. The highest BCUT2D eigenvalue weighted by molar-refractivity contribution is 5.46. The SMILES string of the molecule is CC(C)(C)c1ccc(Oc2ccccc2)cc1.CC(C)(C)c1ccc2c(c1)OCO2. The van der Waals surface area contributed by atoms with Crippen molar-refractivity contribution in [3.63, 3.8) is 0 Å². The Bertz CT molecular complexity index is 946. The van der Waals surface area contributed by atoms with Crippen molar-refractivity contribution in [2.75, 3.05) is 6.79 Å². The van der Waals surface area contributed by atoms with E-state index < -0.39 is 0 Å². The molecule has 3 aromatic rings. The molecule has 3 heteroatoms. The van der Waals surface area contributed by atoms with Crippen LogP contribution in [0.2, 0.25) is 0 Å². The molecule has 1 heterocycles. The van der Waals surface area contributed by atoms with E-state index >= 15 is 0 Å². The summed E-state index contributed by atoms with van der Waals surface area (Å²) in [6.45, 7) is 13.5. The molecule has 0 radical (unpaired) electrons. The Morgan fingerprint density at radius 2 is 1.13 bits per heavy atom. The lowest BCUT2D eigenvalue weighted by molar-refractivity contribution is 0.174. The summed E-state index contributed by atoms with van der Waals surface area (Å²) in [5, 5.41) is 0. The van der Waals surface area contributed by atoms with E-state index in [1.54, 1.807) is 0 Å². The van der Waals surface area contributed by atoms with Crippen LogP contribution in [0.5, 0.6) is 23.0 Å². The second-order valence-electron chi connectivity index (χ2n) is 9.51. The minimum atomic E-state index is 0.168. The maximum Gasteiger partial charge on any atom is 0.231 e. The highest BCUT2D eigenvalue weighted by Gasteiger charge is 2.19. The second kappa shape index (κ2) is 8.83. The van der Waals surface area contributed by atoms with E-state index in [9.17, 15) is 0 Å². The standard InChI is InChI=1S/C16H18O.C11H14O2/c1-16(2,3)13-9-11-15(12-10-13)17-14-7-5-4-6-8-14;1-11(2,3)8-4-5-9-10(6-8)13-7-12-9/h4-12H,1-3H3;4-6H,7H2,1-3H3. The molecule has 1 aliphatic rings. The molecule has 4 rings (SSSR count). The van der Waals surface area contributed by atoms with Crippen LogP contribution in [-0.2, 0) is 10.8 Å². The summed E-state index contributed by atoms with van der Waals surface area (Å²) in [5.74, 6) is 3.47. The lowest BCUT2D eigenvalue weighted by Gasteiger charge is -2.19. The van der Waals surface area contributed by atoms with Crippen LogP contribution in [0.3, 0.4) is 0 Å². The Hall–Kier alpha value is -2.94. The molecule has 0 bridgehead atoms. The van der Waals surface area contributed by atoms with Gasteiger partial charge in [0.15, 0.2) is 11.5 Å². The van der Waals surface area contributed by atoms with Gasteiger partial charge in [-0.2, -0.15) is 0 Å². The summed E-state index contributed by atoms with van der Waals surface area (Å²) in [4.78, 5) is 0. The van der Waals surface area contributed by atoms with Gasteiger partial charge >= 0.3 is 0 Å². The fourth-order valence-corrected chi connectivity index (χ4v) is 3.01. The van der Waals surface area contributed by atoms with Gasteiger partial charge in [0.2, 0.25) is 6.79 Å². The number of benzene rings is 3. The molecule has 0 N–H and O–H groups in total. The Morgan fingerprint density at radius 1 is 0.600 bits per heavy atom. The van der Waals surface area contributed by atoms with Crippen LogP contribution in [0.1, 0.15) is 52.7 Å². The average molecular weight is 405 g/mol. The molecule has 0 fully saturated rings. The fraction of sp³-hybridized carbons (Fsp3) is 0.333. The van der Waals surface area contributed by atoms with Gasteiger partial charge in [0.1, 0.15) is 11.5 Å². The van der Waals surface area contributed by atoms with Gasteiger partial charge in [-0.25, -0.2) is 0 Å². The van der Waals surface area contributed by atoms with E-state index in [2.05, 4.69) is 65.8 Å². The van der Waals surface area contributed by atoms with Crippen molar-refractivity contribution >= 4 is 0 Å². The first kappa shape index (κ1) is 21.8. The zero-order chi connectivity index (χ0) is 21.8. The van der Waals surface area contributed by atoms with Crippen LogP contribution in [0.15, 0.2) is 72.8 Å². The molecule has 0 aromatic heterocycles. The zero-order valence-corrected chi connectivity index (χ0v) is 18.9. The number of rotatable bonds is 2. The van der Waals surface area contributed by atoms with E-state index in [4.69, 9.17) is 14.2 Å². The van der Waals surface area contributed by atoms with Gasteiger partial charge < -0.3 is 14.2 Å². The Kier molecular flexibility index (Phi) is 6.40. The van der Waals surface area contributed by atoms with Gasteiger partial charge in [-0.15, -0.1) is 0 Å². The van der Waals surface area contributed by atoms with Gasteiger partial charge in [-0.1, -0.05) is 77.9 Å². The predicted molar refractivity (Wildman–Crippen MR) is 123 cm³/mol. The van der Waals surface area contributed by atoms with E-state index in [0.717, 1.165) is 23.0 Å². The lowest BCUT2D eigenvalue weighted by Crippen LogP contribution is -2.10. The summed E-state index contributed by atoms with van der Waals surface area (Å²) in [5.41, 5.74) is 2.95. The molecule has 0 saturated carbocycles. The van der Waals surface area contributed by atoms with Gasteiger partial charge in [0.25, 0.3) is 0 Å². The minimum absolute atomic E-state index is 0.168. The van der Waals surface area contributed by atoms with Crippen molar-refractivity contribution in [1.29, 1.82) is 0 Å². The van der Waals surface area contributed by atoms with Crippen LogP contribution in [0, 0.1) is 0 Å². The normalized spacial score (nSPS) is 12.7. The monoisotopic (exact) mass is 404 g/mol. The van der Waals surface area contributed by atoms with Crippen LogP contribution in [-0.4, -0.2) is 6.79 Å². The second-order valence-corrected chi connectivity index (χ2v) is 9.51. The van der Waals surface area contributed by atoms with Gasteiger partial charge in [0, 0.05) is 0 Å². The highest BCUT2D eigenvalue weighted by Crippen LogP contribution is 2.36. The van der Waals surface area contributed by atoms with Crippen LogP contribution < -0.4 is 14.2 Å². The topological polar surface area (TPSA) is 27.7 Å². The van der Waals surface area contributed by atoms with Crippen LogP contribution in [0.25, 0.3) is 0 Å². The van der Waals surface area contributed by atoms with Crippen molar-refractivity contribution in [2.45, 2.75) is 52.4 Å². The average Bonchev–Trinajstić information content (AvgIpc) is 3.16. The molecule has 0 amide bonds. The zero-order valence-electron chi connectivity index (χ0n) is 18.9. The number of ether oxygens (including phenoxy) is 3. The highest BCUT2D eigenvalue weighted by atomic mass is 16.7. The number of hydrogen-bond donors (Lipinski definition) is 0. The van der Waals surface area contributed by atoms with Crippen LogP contribution >= 0.6 is 0 Å². The minimum Gasteiger partial charge on any atom is -0.457 e. The van der Waals surface area contributed by atoms with E-state index in [1.807, 2.05) is 48.5 Å². The van der Waals surface area contributed by atoms with Gasteiger partial charge in [0.05, 0.1) is 0 Å². The molecule has 1 aliphatic heterocycles. The molecule has 158 valence electrons. The van der Waals surface area contributed by atoms with Gasteiger partial charge in [-0.3, -0.25) is 0 Å². The molecular formula is C27H32O3. The maximum absolute atomic E-state index is 5.75. The van der Waals surface area contributed by atoms with Crippen molar-refractivity contribution in [3.8, 4) is 23.0 Å². The molecule has 0 atom stereocenters. The third-order valence-corrected chi connectivity index (χ3v) is 4.94. The van der Waals surface area contributed by atoms with E-state index in [-0.39, 0.29) is 10.8 Å². The summed E-state index contributed by atoms with van der Waals surface area (Å²) >= 11 is 0. The van der Waals surface area contributed by atoms with Gasteiger partial charge in [-0.05, 0) is 58.4 Å². The Morgan fingerprint density at radius 3 is 1.73 bits per heavy atom. The van der Waals surface area contributed by atoms with Crippen LogP contribution in [0.4, 0.5) is 0 Å². The van der Waals surface area contributed by atoms with Crippen molar-refractivity contribution in [3.05, 3.63) is 83.9 Å². The van der Waals surface area contributed by atoms with Crippen molar-refractivity contribution in [1.82, 2.24) is 0 Å². The number of fused-ring (bicyclic) bond motifs is 1. The quantitative estimate of drug-likeness (QED) is 0.443. The molecule has 0 aliphatic carbocycles. The van der Waals surface area contributed by atoms with E-state index in [0.29, 0.717) is 6.79 Å². The number of hydrogen-bond acceptors (Lipinski definition) is 3. The van der Waals surface area contributed by atoms with Crippen molar-refractivity contribution in [2.24, 2.45) is 0 Å². The summed E-state index contributed by atoms with van der Waals surface area (Å²) in [6, 6.07) is 24.2. The molecule has 0 spiro atoms. The maximum atomic E-state index is 5.75. The molecule has 3 aromatic carbocycles. The third-order valence-electron chi connectivity index (χ3n) is 4.94. The molecule has 0 saturated heterocycles. The predicted octanol–water partition coefficient (Wildman–Crippen LogP) is 7.49.